The molecule has 1 aromatic rings. The second kappa shape index (κ2) is 5.67. The van der Waals surface area contributed by atoms with Crippen molar-refractivity contribution in [1.82, 2.24) is 0 Å². The third-order valence-electron chi connectivity index (χ3n) is 3.06. The molecule has 2 N–H and O–H groups in total. The van der Waals surface area contributed by atoms with Crippen molar-refractivity contribution in [1.29, 1.82) is 0 Å². The molecule has 0 aliphatic carbocycles. The summed E-state index contributed by atoms with van der Waals surface area (Å²) in [5, 5.41) is 8.26. The molecular weight excluding hydrogens is 226 g/mol. The van der Waals surface area contributed by atoms with Gasteiger partial charge in [-0.2, -0.15) is 5.10 Å². The lowest BCUT2D eigenvalue weighted by Gasteiger charge is -2.20. The minimum atomic E-state index is 0.347. The molecule has 0 bridgehead atoms. The molecule has 4 heteroatoms. The number of ether oxygens (including phenoxy) is 1. The molecule has 2 rings (SSSR count). The topological polar surface area (TPSA) is 60.0 Å². The number of benzene rings is 1. The van der Waals surface area contributed by atoms with Gasteiger partial charge in [-0.3, -0.25) is 0 Å². The highest BCUT2D eigenvalue weighted by atomic mass is 16.5. The summed E-state index contributed by atoms with van der Waals surface area (Å²) in [6.07, 6.45) is 1.79. The van der Waals surface area contributed by atoms with E-state index in [-0.39, 0.29) is 0 Å². The predicted octanol–water partition coefficient (Wildman–Crippen LogP) is 2.58. The fraction of sp³-hybridized carbons (Fsp3) is 0.429. The Hall–Kier alpha value is -1.84. The van der Waals surface area contributed by atoms with E-state index in [4.69, 9.17) is 10.5 Å². The fourth-order valence-corrected chi connectivity index (χ4v) is 2.13. The van der Waals surface area contributed by atoms with Gasteiger partial charge in [0.2, 0.25) is 0 Å². The first-order chi connectivity index (χ1) is 8.74. The first-order valence-corrected chi connectivity index (χ1v) is 6.37. The van der Waals surface area contributed by atoms with E-state index >= 15 is 0 Å². The smallest absolute Gasteiger partial charge is 0.123 e. The second-order valence-electron chi connectivity index (χ2n) is 4.35. The van der Waals surface area contributed by atoms with Crippen LogP contribution in [0, 0.1) is 5.92 Å². The van der Waals surface area contributed by atoms with Crippen molar-refractivity contribution in [2.45, 2.75) is 26.7 Å². The van der Waals surface area contributed by atoms with Gasteiger partial charge in [-0.25, -0.2) is 0 Å². The van der Waals surface area contributed by atoms with Crippen molar-refractivity contribution in [2.75, 3.05) is 6.61 Å². The zero-order valence-corrected chi connectivity index (χ0v) is 10.9. The molecule has 0 radical (unpaired) electrons. The highest BCUT2D eigenvalue weighted by molar-refractivity contribution is 6.06. The van der Waals surface area contributed by atoms with Gasteiger partial charge in [0.25, 0.3) is 0 Å². The zero-order valence-electron chi connectivity index (χ0n) is 10.9. The molecule has 0 spiro atoms. The Morgan fingerprint density at radius 3 is 2.89 bits per heavy atom. The summed E-state index contributed by atoms with van der Waals surface area (Å²) in [6.45, 7) is 4.79. The maximum atomic E-state index is 5.74. The Bertz CT molecular complexity index is 480. The van der Waals surface area contributed by atoms with E-state index in [1.165, 1.54) is 0 Å². The molecule has 0 aromatic heterocycles. The summed E-state index contributed by atoms with van der Waals surface area (Å²) < 4.78 is 5.51. The van der Waals surface area contributed by atoms with Gasteiger partial charge in [-0.05, 0) is 25.5 Å². The van der Waals surface area contributed by atoms with Crippen LogP contribution in [-0.4, -0.2) is 18.2 Å². The molecule has 1 heterocycles. The molecule has 1 aromatic carbocycles. The van der Waals surface area contributed by atoms with E-state index in [0.717, 1.165) is 29.9 Å². The molecule has 0 fully saturated rings. The van der Waals surface area contributed by atoms with Crippen molar-refractivity contribution in [3.8, 4) is 5.75 Å². The monoisotopic (exact) mass is 245 g/mol. The summed E-state index contributed by atoms with van der Waals surface area (Å²) in [6, 6.07) is 8.00. The van der Waals surface area contributed by atoms with Crippen LogP contribution in [0.5, 0.6) is 5.75 Å². The Morgan fingerprint density at radius 2 is 2.17 bits per heavy atom. The molecule has 1 aliphatic rings. The van der Waals surface area contributed by atoms with Crippen LogP contribution in [0.25, 0.3) is 0 Å². The number of hydrogen-bond donors (Lipinski definition) is 1. The summed E-state index contributed by atoms with van der Waals surface area (Å²) in [4.78, 5) is 0. The number of amidine groups is 1. The largest absolute Gasteiger partial charge is 0.494 e. The normalized spacial score (nSPS) is 19.1. The van der Waals surface area contributed by atoms with E-state index in [1.54, 1.807) is 0 Å². The van der Waals surface area contributed by atoms with Gasteiger partial charge in [0, 0.05) is 17.9 Å². The van der Waals surface area contributed by atoms with Crippen molar-refractivity contribution >= 4 is 11.5 Å². The summed E-state index contributed by atoms with van der Waals surface area (Å²) >= 11 is 0. The zero-order chi connectivity index (χ0) is 13.0. The van der Waals surface area contributed by atoms with Crippen LogP contribution in [0.1, 0.15) is 32.3 Å². The van der Waals surface area contributed by atoms with Gasteiger partial charge in [0.15, 0.2) is 0 Å². The van der Waals surface area contributed by atoms with Crippen LogP contribution in [0.4, 0.5) is 0 Å². The van der Waals surface area contributed by atoms with Crippen LogP contribution >= 0.6 is 0 Å². The molecule has 0 saturated heterocycles. The molecular formula is C14H19N3O. The lowest BCUT2D eigenvalue weighted by molar-refractivity contribution is 0.340. The highest BCUT2D eigenvalue weighted by Crippen LogP contribution is 2.23. The maximum absolute atomic E-state index is 5.74. The predicted molar refractivity (Wildman–Crippen MR) is 74.2 cm³/mol. The highest BCUT2D eigenvalue weighted by Gasteiger charge is 2.21. The van der Waals surface area contributed by atoms with Gasteiger partial charge in [-0.1, -0.05) is 19.1 Å². The first kappa shape index (κ1) is 12.6. The summed E-state index contributed by atoms with van der Waals surface area (Å²) in [7, 11) is 0. The van der Waals surface area contributed by atoms with Gasteiger partial charge < -0.3 is 10.5 Å². The van der Waals surface area contributed by atoms with Gasteiger partial charge in [0.1, 0.15) is 11.6 Å². The Balaban J connectivity index is 2.31. The minimum absolute atomic E-state index is 0.347. The molecule has 1 unspecified atom stereocenters. The Morgan fingerprint density at radius 1 is 1.33 bits per heavy atom. The van der Waals surface area contributed by atoms with E-state index in [0.29, 0.717) is 18.4 Å². The quantitative estimate of drug-likeness (QED) is 0.886. The fourth-order valence-electron chi connectivity index (χ4n) is 2.13. The van der Waals surface area contributed by atoms with E-state index in [9.17, 15) is 0 Å². The number of rotatable bonds is 4. The minimum Gasteiger partial charge on any atom is -0.494 e. The SMILES string of the molecule is CCOc1cccc(C2=NN=C(N)CC2CC)c1. The van der Waals surface area contributed by atoms with Crippen LogP contribution in [-0.2, 0) is 0 Å². The standard InChI is InChI=1S/C14H19N3O/c1-3-10-9-13(15)16-17-14(10)11-6-5-7-12(8-11)18-4-2/h5-8,10H,3-4,9H2,1-2H3,(H2,15,16). The molecule has 0 saturated carbocycles. The lowest BCUT2D eigenvalue weighted by atomic mass is 9.90. The number of hydrogen-bond acceptors (Lipinski definition) is 4. The number of nitrogens with two attached hydrogens (primary N) is 1. The van der Waals surface area contributed by atoms with E-state index in [2.05, 4.69) is 17.1 Å². The Kier molecular flexibility index (Phi) is 3.97. The van der Waals surface area contributed by atoms with Crippen molar-refractivity contribution < 1.29 is 4.74 Å². The second-order valence-corrected chi connectivity index (χ2v) is 4.35. The summed E-state index contributed by atoms with van der Waals surface area (Å²) in [5.74, 6) is 1.83. The summed E-state index contributed by atoms with van der Waals surface area (Å²) in [5.41, 5.74) is 7.82. The lowest BCUT2D eigenvalue weighted by Crippen LogP contribution is -2.26. The molecule has 4 nitrogen and oxygen atoms in total. The molecule has 18 heavy (non-hydrogen) atoms. The van der Waals surface area contributed by atoms with Gasteiger partial charge in [-0.15, -0.1) is 5.10 Å². The average Bonchev–Trinajstić information content (AvgIpc) is 2.39. The molecule has 1 aliphatic heterocycles. The van der Waals surface area contributed by atoms with Crippen molar-refractivity contribution in [3.63, 3.8) is 0 Å². The van der Waals surface area contributed by atoms with Crippen molar-refractivity contribution in [2.24, 2.45) is 21.9 Å². The van der Waals surface area contributed by atoms with E-state index < -0.39 is 0 Å². The van der Waals surface area contributed by atoms with Crippen molar-refractivity contribution in [3.05, 3.63) is 29.8 Å². The van der Waals surface area contributed by atoms with Gasteiger partial charge in [0.05, 0.1) is 12.3 Å². The van der Waals surface area contributed by atoms with Crippen LogP contribution in [0.15, 0.2) is 34.5 Å². The van der Waals surface area contributed by atoms with Crippen LogP contribution in [0.2, 0.25) is 0 Å². The third kappa shape index (κ3) is 2.70. The van der Waals surface area contributed by atoms with Gasteiger partial charge >= 0.3 is 0 Å². The number of nitrogens with zero attached hydrogens (tertiary/aromatic N) is 2. The third-order valence-corrected chi connectivity index (χ3v) is 3.06. The molecule has 1 atom stereocenters. The Labute approximate surface area is 108 Å². The van der Waals surface area contributed by atoms with Crippen LogP contribution in [0.3, 0.4) is 0 Å². The molecule has 96 valence electrons. The van der Waals surface area contributed by atoms with E-state index in [1.807, 2.05) is 31.2 Å². The van der Waals surface area contributed by atoms with Crippen LogP contribution < -0.4 is 10.5 Å². The maximum Gasteiger partial charge on any atom is 0.123 e. The molecule has 0 amide bonds. The average molecular weight is 245 g/mol. The first-order valence-electron chi connectivity index (χ1n) is 6.37.